The summed E-state index contributed by atoms with van der Waals surface area (Å²) in [6, 6.07) is 4.98. The van der Waals surface area contributed by atoms with Crippen LogP contribution in [0.3, 0.4) is 0 Å². The maximum absolute atomic E-state index is 12.2. The molecule has 2 unspecified atom stereocenters. The van der Waals surface area contributed by atoms with E-state index in [4.69, 9.17) is 5.14 Å². The topological polar surface area (TPSA) is 106 Å². The zero-order valence-electron chi connectivity index (χ0n) is 11.1. The van der Waals surface area contributed by atoms with Crippen LogP contribution >= 0.6 is 0 Å². The largest absolute Gasteiger partial charge is 0.240 e. The first-order valence-electron chi connectivity index (χ1n) is 6.34. The predicted octanol–water partition coefficient (Wildman–Crippen LogP) is 0.801. The molecule has 3 N–H and O–H groups in total. The molecule has 0 saturated heterocycles. The predicted molar refractivity (Wildman–Crippen MR) is 74.9 cm³/mol. The van der Waals surface area contributed by atoms with Crippen LogP contribution in [0.5, 0.6) is 0 Å². The van der Waals surface area contributed by atoms with E-state index in [1.807, 2.05) is 0 Å². The van der Waals surface area contributed by atoms with Gasteiger partial charge in [-0.25, -0.2) is 26.7 Å². The maximum Gasteiger partial charge on any atom is 0.240 e. The lowest BCUT2D eigenvalue weighted by Gasteiger charge is -2.13. The van der Waals surface area contributed by atoms with Gasteiger partial charge in [0.25, 0.3) is 0 Å². The van der Waals surface area contributed by atoms with Crippen molar-refractivity contribution in [1.82, 2.24) is 4.72 Å². The summed E-state index contributed by atoms with van der Waals surface area (Å²) in [5.74, 6) is 0.499. The monoisotopic (exact) mass is 318 g/mol. The maximum atomic E-state index is 12.2. The van der Waals surface area contributed by atoms with Crippen molar-refractivity contribution in [2.24, 2.45) is 11.1 Å². The third-order valence-corrected chi connectivity index (χ3v) is 5.89. The smallest absolute Gasteiger partial charge is 0.225 e. The quantitative estimate of drug-likeness (QED) is 0.856. The molecule has 2 atom stereocenters. The van der Waals surface area contributed by atoms with Crippen LogP contribution in [0.4, 0.5) is 0 Å². The van der Waals surface area contributed by atoms with Gasteiger partial charge in [-0.1, -0.05) is 13.0 Å². The van der Waals surface area contributed by atoms with Crippen molar-refractivity contribution in [3.63, 3.8) is 0 Å². The summed E-state index contributed by atoms with van der Waals surface area (Å²) >= 11 is 0. The van der Waals surface area contributed by atoms with Gasteiger partial charge in [0, 0.05) is 6.04 Å². The van der Waals surface area contributed by atoms with E-state index < -0.39 is 20.0 Å². The standard InChI is InChI=1S/C12H18N2O4S2/c1-9-5-6-10(7-9)14-20(17,18)12-4-2-3-11(8-12)19(13,15)16/h2-4,8-10,14H,5-7H2,1H3,(H2,13,15,16). The Morgan fingerprint density at radius 2 is 1.80 bits per heavy atom. The molecule has 1 saturated carbocycles. The Labute approximate surface area is 119 Å². The summed E-state index contributed by atoms with van der Waals surface area (Å²) in [5.41, 5.74) is 0. The molecule has 0 bridgehead atoms. The molecular weight excluding hydrogens is 300 g/mol. The molecule has 1 aliphatic carbocycles. The first-order valence-corrected chi connectivity index (χ1v) is 9.36. The molecule has 0 heterocycles. The number of sulfonamides is 2. The summed E-state index contributed by atoms with van der Waals surface area (Å²) in [6.45, 7) is 2.08. The van der Waals surface area contributed by atoms with Crippen molar-refractivity contribution in [3.05, 3.63) is 24.3 Å². The molecule has 0 aliphatic heterocycles. The highest BCUT2D eigenvalue weighted by atomic mass is 32.2. The summed E-state index contributed by atoms with van der Waals surface area (Å²) < 4.78 is 49.6. The van der Waals surface area contributed by atoms with Gasteiger partial charge >= 0.3 is 0 Å². The lowest BCUT2D eigenvalue weighted by molar-refractivity contribution is 0.538. The Morgan fingerprint density at radius 1 is 1.15 bits per heavy atom. The van der Waals surface area contributed by atoms with Gasteiger partial charge in [-0.15, -0.1) is 0 Å². The second-order valence-electron chi connectivity index (χ2n) is 5.26. The zero-order chi connectivity index (χ0) is 15.0. The minimum Gasteiger partial charge on any atom is -0.225 e. The first kappa shape index (κ1) is 15.4. The van der Waals surface area contributed by atoms with Gasteiger partial charge in [-0.2, -0.15) is 0 Å². The van der Waals surface area contributed by atoms with Crippen LogP contribution in [0.1, 0.15) is 26.2 Å². The Balaban J connectivity index is 2.26. The molecule has 112 valence electrons. The van der Waals surface area contributed by atoms with Crippen molar-refractivity contribution >= 4 is 20.0 Å². The zero-order valence-corrected chi connectivity index (χ0v) is 12.7. The van der Waals surface area contributed by atoms with Gasteiger partial charge in [0.1, 0.15) is 0 Å². The van der Waals surface area contributed by atoms with Crippen LogP contribution in [0.2, 0.25) is 0 Å². The van der Waals surface area contributed by atoms with Gasteiger partial charge in [0.2, 0.25) is 20.0 Å². The minimum absolute atomic E-state index is 0.0800. The molecule has 0 radical (unpaired) electrons. The van der Waals surface area contributed by atoms with Gasteiger partial charge in [-0.3, -0.25) is 0 Å². The van der Waals surface area contributed by atoms with Crippen molar-refractivity contribution in [1.29, 1.82) is 0 Å². The molecule has 20 heavy (non-hydrogen) atoms. The Hall–Kier alpha value is -0.960. The fourth-order valence-corrected chi connectivity index (χ4v) is 4.38. The molecule has 1 aromatic rings. The van der Waals surface area contributed by atoms with Crippen molar-refractivity contribution in [2.45, 2.75) is 42.0 Å². The normalized spacial score (nSPS) is 23.9. The van der Waals surface area contributed by atoms with E-state index in [2.05, 4.69) is 11.6 Å². The Kier molecular flexibility index (Phi) is 4.19. The second kappa shape index (κ2) is 5.44. The molecule has 1 aliphatic rings. The average molecular weight is 318 g/mol. The van der Waals surface area contributed by atoms with E-state index >= 15 is 0 Å². The third-order valence-electron chi connectivity index (χ3n) is 3.46. The molecular formula is C12H18N2O4S2. The number of nitrogens with one attached hydrogen (secondary N) is 1. The van der Waals surface area contributed by atoms with Crippen molar-refractivity contribution < 1.29 is 16.8 Å². The van der Waals surface area contributed by atoms with E-state index in [1.54, 1.807) is 0 Å². The van der Waals surface area contributed by atoms with Gasteiger partial charge in [0.05, 0.1) is 9.79 Å². The van der Waals surface area contributed by atoms with Crippen molar-refractivity contribution in [3.8, 4) is 0 Å². The Morgan fingerprint density at radius 3 is 2.35 bits per heavy atom. The molecule has 1 fully saturated rings. The van der Waals surface area contributed by atoms with Crippen LogP contribution < -0.4 is 9.86 Å². The van der Waals surface area contributed by atoms with Gasteiger partial charge in [-0.05, 0) is 43.4 Å². The van der Waals surface area contributed by atoms with Gasteiger partial charge in [0.15, 0.2) is 0 Å². The highest BCUT2D eigenvalue weighted by molar-refractivity contribution is 7.90. The van der Waals surface area contributed by atoms with Crippen molar-refractivity contribution in [2.75, 3.05) is 0 Å². The van der Waals surface area contributed by atoms with E-state index in [9.17, 15) is 16.8 Å². The number of hydrogen-bond acceptors (Lipinski definition) is 4. The number of rotatable bonds is 4. The average Bonchev–Trinajstić information content (AvgIpc) is 2.73. The molecule has 2 rings (SSSR count). The number of primary sulfonamides is 1. The van der Waals surface area contributed by atoms with E-state index in [0.29, 0.717) is 5.92 Å². The van der Waals surface area contributed by atoms with E-state index in [-0.39, 0.29) is 15.8 Å². The fourth-order valence-electron chi connectivity index (χ4n) is 2.42. The molecule has 0 spiro atoms. The van der Waals surface area contributed by atoms with E-state index in [1.165, 1.54) is 18.2 Å². The molecule has 8 heteroatoms. The van der Waals surface area contributed by atoms with Gasteiger partial charge < -0.3 is 0 Å². The number of hydrogen-bond donors (Lipinski definition) is 2. The van der Waals surface area contributed by atoms with Crippen LogP contribution in [0.15, 0.2) is 34.1 Å². The Bertz CT molecular complexity index is 698. The summed E-state index contributed by atoms with van der Waals surface area (Å²) in [7, 11) is -7.63. The van der Waals surface area contributed by atoms with Crippen LogP contribution in [-0.2, 0) is 20.0 Å². The second-order valence-corrected chi connectivity index (χ2v) is 8.53. The lowest BCUT2D eigenvalue weighted by atomic mass is 10.1. The van der Waals surface area contributed by atoms with Crippen LogP contribution in [0, 0.1) is 5.92 Å². The highest BCUT2D eigenvalue weighted by Crippen LogP contribution is 2.26. The fraction of sp³-hybridized carbons (Fsp3) is 0.500. The number of benzene rings is 1. The molecule has 1 aromatic carbocycles. The number of nitrogens with two attached hydrogens (primary N) is 1. The minimum atomic E-state index is -3.91. The molecule has 0 aromatic heterocycles. The van der Waals surface area contributed by atoms with Crippen LogP contribution in [-0.4, -0.2) is 22.9 Å². The highest BCUT2D eigenvalue weighted by Gasteiger charge is 2.27. The molecule has 6 nitrogen and oxygen atoms in total. The first-order chi connectivity index (χ1) is 9.18. The van der Waals surface area contributed by atoms with E-state index in [0.717, 1.165) is 25.3 Å². The SMILES string of the molecule is CC1CCC(NS(=O)(=O)c2cccc(S(N)(=O)=O)c2)C1. The lowest BCUT2D eigenvalue weighted by Crippen LogP contribution is -2.33. The molecule has 0 amide bonds. The summed E-state index contributed by atoms with van der Waals surface area (Å²) in [4.78, 5) is -0.288. The van der Waals surface area contributed by atoms with Crippen LogP contribution in [0.25, 0.3) is 0 Å². The third kappa shape index (κ3) is 3.57. The summed E-state index contributed by atoms with van der Waals surface area (Å²) in [6.07, 6.45) is 2.59. The summed E-state index contributed by atoms with van der Waals surface area (Å²) in [5, 5.41) is 5.01.